The molecule has 0 atom stereocenters. The van der Waals surface area contributed by atoms with Gasteiger partial charge in [0.2, 0.25) is 0 Å². The maximum atomic E-state index is 11.0. The van der Waals surface area contributed by atoms with Gasteiger partial charge in [-0.15, -0.1) is 11.6 Å². The van der Waals surface area contributed by atoms with Crippen molar-refractivity contribution in [1.29, 1.82) is 0 Å². The van der Waals surface area contributed by atoms with Gasteiger partial charge in [-0.1, -0.05) is 25.5 Å². The zero-order valence-corrected chi connectivity index (χ0v) is 9.55. The lowest BCUT2D eigenvalue weighted by Crippen LogP contribution is -2.03. The Labute approximate surface area is 94.9 Å². The first-order chi connectivity index (χ1) is 7.19. The summed E-state index contributed by atoms with van der Waals surface area (Å²) in [5.74, 6) is -0.429. The van der Waals surface area contributed by atoms with Gasteiger partial charge >= 0.3 is 5.97 Å². The normalized spacial score (nSPS) is 10.3. The summed E-state index contributed by atoms with van der Waals surface area (Å²) in [4.78, 5) is 11.0. The lowest BCUT2D eigenvalue weighted by molar-refractivity contribution is 0.0695. The summed E-state index contributed by atoms with van der Waals surface area (Å²) in [7, 11) is 0. The number of hydrogen-bond donors (Lipinski definition) is 1. The number of rotatable bonds is 5. The molecule has 1 N–H and O–H groups in total. The van der Waals surface area contributed by atoms with E-state index in [2.05, 4.69) is 6.92 Å². The number of hydrogen-bond acceptors (Lipinski definition) is 1. The van der Waals surface area contributed by atoms with Crippen molar-refractivity contribution in [1.82, 2.24) is 0 Å². The van der Waals surface area contributed by atoms with Crippen LogP contribution in [0.25, 0.3) is 0 Å². The van der Waals surface area contributed by atoms with Crippen LogP contribution in [0, 0.1) is 0 Å². The summed E-state index contributed by atoms with van der Waals surface area (Å²) in [5, 5.41) is 9.00. The van der Waals surface area contributed by atoms with Crippen LogP contribution in [0.15, 0.2) is 18.2 Å². The Morgan fingerprint density at radius 3 is 2.73 bits per heavy atom. The molecule has 0 saturated heterocycles. The van der Waals surface area contributed by atoms with Crippen molar-refractivity contribution in [2.45, 2.75) is 32.1 Å². The highest BCUT2D eigenvalue weighted by Gasteiger charge is 2.09. The number of aryl methyl sites for hydroxylation is 1. The first kappa shape index (κ1) is 12.1. The molecule has 15 heavy (non-hydrogen) atoms. The van der Waals surface area contributed by atoms with E-state index < -0.39 is 5.97 Å². The predicted octanol–water partition coefficient (Wildman–Crippen LogP) is 3.47. The summed E-state index contributed by atoms with van der Waals surface area (Å²) >= 11 is 5.72. The number of carboxylic acids is 1. The molecule has 3 heteroatoms. The van der Waals surface area contributed by atoms with Gasteiger partial charge in [0.25, 0.3) is 0 Å². The van der Waals surface area contributed by atoms with E-state index in [1.54, 1.807) is 12.1 Å². The van der Waals surface area contributed by atoms with Gasteiger partial charge in [0, 0.05) is 5.88 Å². The molecule has 0 radical (unpaired) electrons. The third-order valence-corrected chi connectivity index (χ3v) is 2.66. The summed E-state index contributed by atoms with van der Waals surface area (Å²) in [5.41, 5.74) is 2.27. The predicted molar refractivity (Wildman–Crippen MR) is 61.6 cm³/mol. The minimum atomic E-state index is -0.859. The van der Waals surface area contributed by atoms with Crippen molar-refractivity contribution in [3.05, 3.63) is 34.9 Å². The van der Waals surface area contributed by atoms with Gasteiger partial charge in [0.1, 0.15) is 0 Å². The zero-order chi connectivity index (χ0) is 11.3. The standard InChI is InChI=1S/C12H15ClO2/c1-2-3-4-10-7-9(8-13)5-6-11(10)12(14)15/h5-7H,2-4,8H2,1H3,(H,14,15). The minimum Gasteiger partial charge on any atom is -0.478 e. The van der Waals surface area contributed by atoms with Crippen LogP contribution in [-0.2, 0) is 12.3 Å². The second-order valence-corrected chi connectivity index (χ2v) is 3.80. The van der Waals surface area contributed by atoms with Crippen molar-refractivity contribution < 1.29 is 9.90 Å². The summed E-state index contributed by atoms with van der Waals surface area (Å²) < 4.78 is 0. The summed E-state index contributed by atoms with van der Waals surface area (Å²) in [6.07, 6.45) is 2.87. The summed E-state index contributed by atoms with van der Waals surface area (Å²) in [6.45, 7) is 2.09. The third kappa shape index (κ3) is 3.24. The van der Waals surface area contributed by atoms with Crippen LogP contribution in [-0.4, -0.2) is 11.1 Å². The quantitative estimate of drug-likeness (QED) is 0.781. The molecule has 0 spiro atoms. The number of unbranched alkanes of at least 4 members (excludes halogenated alkanes) is 1. The number of aromatic carboxylic acids is 1. The molecule has 1 aromatic carbocycles. The van der Waals surface area contributed by atoms with E-state index in [1.165, 1.54) is 0 Å². The molecule has 0 amide bonds. The van der Waals surface area contributed by atoms with Crippen LogP contribution in [0.3, 0.4) is 0 Å². The van der Waals surface area contributed by atoms with Crippen molar-refractivity contribution >= 4 is 17.6 Å². The molecule has 0 aromatic heterocycles. The smallest absolute Gasteiger partial charge is 0.335 e. The topological polar surface area (TPSA) is 37.3 Å². The van der Waals surface area contributed by atoms with Gasteiger partial charge < -0.3 is 5.11 Å². The van der Waals surface area contributed by atoms with E-state index in [0.717, 1.165) is 30.4 Å². The highest BCUT2D eigenvalue weighted by atomic mass is 35.5. The SMILES string of the molecule is CCCCc1cc(CCl)ccc1C(=O)O. The first-order valence-corrected chi connectivity index (χ1v) is 5.63. The van der Waals surface area contributed by atoms with Crippen LogP contribution >= 0.6 is 11.6 Å². The molecule has 0 aliphatic carbocycles. The molecule has 0 saturated carbocycles. The van der Waals surface area contributed by atoms with Gasteiger partial charge in [-0.25, -0.2) is 4.79 Å². The Balaban J connectivity index is 2.99. The Morgan fingerprint density at radius 2 is 2.20 bits per heavy atom. The minimum absolute atomic E-state index is 0.400. The van der Waals surface area contributed by atoms with Crippen LogP contribution < -0.4 is 0 Å². The fraction of sp³-hybridized carbons (Fsp3) is 0.417. The second-order valence-electron chi connectivity index (χ2n) is 3.53. The van der Waals surface area contributed by atoms with E-state index in [1.807, 2.05) is 6.07 Å². The number of carboxylic acid groups (broad SMARTS) is 1. The second kappa shape index (κ2) is 5.76. The van der Waals surface area contributed by atoms with E-state index in [9.17, 15) is 4.79 Å². The molecule has 0 fully saturated rings. The average molecular weight is 227 g/mol. The van der Waals surface area contributed by atoms with E-state index in [-0.39, 0.29) is 0 Å². The van der Waals surface area contributed by atoms with Crippen LogP contribution in [0.2, 0.25) is 0 Å². The third-order valence-electron chi connectivity index (χ3n) is 2.35. The van der Waals surface area contributed by atoms with Crippen molar-refractivity contribution in [3.8, 4) is 0 Å². The summed E-state index contributed by atoms with van der Waals surface area (Å²) in [6, 6.07) is 5.31. The number of alkyl halides is 1. The lowest BCUT2D eigenvalue weighted by atomic mass is 10.00. The van der Waals surface area contributed by atoms with Crippen LogP contribution in [0.1, 0.15) is 41.3 Å². The molecule has 0 aliphatic heterocycles. The van der Waals surface area contributed by atoms with Crippen molar-refractivity contribution in [2.24, 2.45) is 0 Å². The van der Waals surface area contributed by atoms with Gasteiger partial charge in [0.15, 0.2) is 0 Å². The molecule has 0 aliphatic rings. The maximum Gasteiger partial charge on any atom is 0.335 e. The fourth-order valence-electron chi connectivity index (χ4n) is 1.51. The Bertz CT molecular complexity index is 347. The lowest BCUT2D eigenvalue weighted by Gasteiger charge is -2.07. The van der Waals surface area contributed by atoms with E-state index in [4.69, 9.17) is 16.7 Å². The molecule has 0 heterocycles. The van der Waals surface area contributed by atoms with Gasteiger partial charge in [-0.3, -0.25) is 0 Å². The van der Waals surface area contributed by atoms with E-state index >= 15 is 0 Å². The number of benzene rings is 1. The molecule has 82 valence electrons. The molecular formula is C12H15ClO2. The molecule has 2 nitrogen and oxygen atoms in total. The van der Waals surface area contributed by atoms with Gasteiger partial charge in [-0.2, -0.15) is 0 Å². The molecule has 0 bridgehead atoms. The van der Waals surface area contributed by atoms with E-state index in [0.29, 0.717) is 11.4 Å². The Kier molecular flexibility index (Phi) is 4.63. The molecule has 1 rings (SSSR count). The average Bonchev–Trinajstić information content (AvgIpc) is 2.25. The van der Waals surface area contributed by atoms with Crippen LogP contribution in [0.5, 0.6) is 0 Å². The maximum absolute atomic E-state index is 11.0. The Morgan fingerprint density at radius 1 is 1.47 bits per heavy atom. The first-order valence-electron chi connectivity index (χ1n) is 5.10. The highest BCUT2D eigenvalue weighted by Crippen LogP contribution is 2.16. The number of carbonyl (C=O) groups is 1. The van der Waals surface area contributed by atoms with Crippen LogP contribution in [0.4, 0.5) is 0 Å². The van der Waals surface area contributed by atoms with Crippen molar-refractivity contribution in [2.75, 3.05) is 0 Å². The molecule has 0 unspecified atom stereocenters. The van der Waals surface area contributed by atoms with Gasteiger partial charge in [-0.05, 0) is 30.0 Å². The fourth-order valence-corrected chi connectivity index (χ4v) is 1.68. The molecule has 1 aromatic rings. The monoisotopic (exact) mass is 226 g/mol. The number of halogens is 1. The Hall–Kier alpha value is -1.02. The molecular weight excluding hydrogens is 212 g/mol. The van der Waals surface area contributed by atoms with Gasteiger partial charge in [0.05, 0.1) is 5.56 Å². The highest BCUT2D eigenvalue weighted by molar-refractivity contribution is 6.17. The zero-order valence-electron chi connectivity index (χ0n) is 8.79. The largest absolute Gasteiger partial charge is 0.478 e. The van der Waals surface area contributed by atoms with Crippen molar-refractivity contribution in [3.63, 3.8) is 0 Å².